The van der Waals surface area contributed by atoms with E-state index in [9.17, 15) is 5.11 Å². The number of thiophene rings is 1. The van der Waals surface area contributed by atoms with E-state index in [1.54, 1.807) is 11.3 Å². The second-order valence-electron chi connectivity index (χ2n) is 7.78. The van der Waals surface area contributed by atoms with Gasteiger partial charge in [-0.15, -0.1) is 11.3 Å². The van der Waals surface area contributed by atoms with Crippen LogP contribution in [0.2, 0.25) is 5.02 Å². The van der Waals surface area contributed by atoms with Gasteiger partial charge in [-0.1, -0.05) is 82.1 Å². The van der Waals surface area contributed by atoms with Crippen molar-refractivity contribution in [1.29, 1.82) is 0 Å². The number of halogens is 2. The van der Waals surface area contributed by atoms with Crippen molar-refractivity contribution in [3.8, 4) is 21.6 Å². The van der Waals surface area contributed by atoms with Gasteiger partial charge in [-0.05, 0) is 58.5 Å². The molecule has 4 aromatic carbocycles. The van der Waals surface area contributed by atoms with Crippen molar-refractivity contribution in [1.82, 2.24) is 0 Å². The minimum absolute atomic E-state index is 0.606. The summed E-state index contributed by atoms with van der Waals surface area (Å²) < 4.78 is 2.16. The SMILES string of the molecule is OC1(c2cc(Cl)ccc2-c2cc3ccccc3s2)c2ccccc2-c2ccc(Br)cc21. The van der Waals surface area contributed by atoms with Crippen molar-refractivity contribution in [3.63, 3.8) is 0 Å². The van der Waals surface area contributed by atoms with Crippen LogP contribution >= 0.6 is 38.9 Å². The molecule has 4 heteroatoms. The highest BCUT2D eigenvalue weighted by Crippen LogP contribution is 2.54. The lowest BCUT2D eigenvalue weighted by atomic mass is 9.81. The second kappa shape index (κ2) is 7.04. The Morgan fingerprint density at radius 3 is 2.29 bits per heavy atom. The fourth-order valence-corrected chi connectivity index (χ4v) is 6.30. The zero-order valence-corrected chi connectivity index (χ0v) is 19.4. The van der Waals surface area contributed by atoms with Crippen molar-refractivity contribution in [2.45, 2.75) is 5.60 Å². The molecule has 1 nitrogen and oxygen atoms in total. The van der Waals surface area contributed by atoms with E-state index in [1.165, 1.54) is 10.1 Å². The summed E-state index contributed by atoms with van der Waals surface area (Å²) in [5.74, 6) is 0. The molecule has 0 bridgehead atoms. The molecule has 0 spiro atoms. The van der Waals surface area contributed by atoms with Crippen LogP contribution in [0.25, 0.3) is 31.7 Å². The third kappa shape index (κ3) is 2.85. The van der Waals surface area contributed by atoms with E-state index < -0.39 is 5.60 Å². The average Bonchev–Trinajstić information content (AvgIpc) is 3.32. The number of benzene rings is 4. The summed E-state index contributed by atoms with van der Waals surface area (Å²) in [7, 11) is 0. The van der Waals surface area contributed by atoms with Gasteiger partial charge in [-0.3, -0.25) is 0 Å². The lowest BCUT2D eigenvalue weighted by Gasteiger charge is -2.29. The molecule has 0 saturated carbocycles. The fourth-order valence-electron chi connectivity index (χ4n) is 4.66. The van der Waals surface area contributed by atoms with E-state index in [-0.39, 0.29) is 0 Å². The summed E-state index contributed by atoms with van der Waals surface area (Å²) in [6.45, 7) is 0. The normalized spacial score (nSPS) is 17.0. The smallest absolute Gasteiger partial charge is 0.142 e. The van der Waals surface area contributed by atoms with Crippen molar-refractivity contribution >= 4 is 49.0 Å². The first-order valence-electron chi connectivity index (χ1n) is 9.97. The van der Waals surface area contributed by atoms with E-state index in [1.807, 2.05) is 48.5 Å². The molecule has 31 heavy (non-hydrogen) atoms. The zero-order valence-electron chi connectivity index (χ0n) is 16.3. The lowest BCUT2D eigenvalue weighted by molar-refractivity contribution is 0.131. The molecule has 1 aromatic heterocycles. The molecule has 1 heterocycles. The van der Waals surface area contributed by atoms with Crippen LogP contribution in [0.5, 0.6) is 0 Å². The van der Waals surface area contributed by atoms with Gasteiger partial charge in [0.1, 0.15) is 5.60 Å². The molecule has 1 N–H and O–H groups in total. The predicted molar refractivity (Wildman–Crippen MR) is 134 cm³/mol. The summed E-state index contributed by atoms with van der Waals surface area (Å²) in [5, 5.41) is 14.3. The van der Waals surface area contributed by atoms with E-state index in [4.69, 9.17) is 11.6 Å². The van der Waals surface area contributed by atoms with Gasteiger partial charge in [0.05, 0.1) is 0 Å². The van der Waals surface area contributed by atoms with Crippen molar-refractivity contribution in [2.24, 2.45) is 0 Å². The average molecular weight is 504 g/mol. The Kier molecular flexibility index (Phi) is 4.38. The van der Waals surface area contributed by atoms with Gasteiger partial charge in [-0.2, -0.15) is 0 Å². The third-order valence-corrected chi connectivity index (χ3v) is 7.92. The highest BCUT2D eigenvalue weighted by atomic mass is 79.9. The Balaban J connectivity index is 1.69. The van der Waals surface area contributed by atoms with Gasteiger partial charge in [-0.25, -0.2) is 0 Å². The number of fused-ring (bicyclic) bond motifs is 4. The number of hydrogen-bond donors (Lipinski definition) is 1. The Morgan fingerprint density at radius 2 is 1.42 bits per heavy atom. The van der Waals surface area contributed by atoms with Crippen LogP contribution in [0.3, 0.4) is 0 Å². The molecule has 150 valence electrons. The molecule has 1 aliphatic rings. The summed E-state index contributed by atoms with van der Waals surface area (Å²) in [5.41, 5.74) is 4.34. The quantitative estimate of drug-likeness (QED) is 0.257. The van der Waals surface area contributed by atoms with E-state index in [0.29, 0.717) is 5.02 Å². The summed E-state index contributed by atoms with van der Waals surface area (Å²) >= 11 is 11.8. The highest BCUT2D eigenvalue weighted by molar-refractivity contribution is 9.10. The lowest BCUT2D eigenvalue weighted by Crippen LogP contribution is -2.27. The molecule has 1 aliphatic carbocycles. The van der Waals surface area contributed by atoms with Crippen LogP contribution in [-0.4, -0.2) is 5.11 Å². The van der Waals surface area contributed by atoms with E-state index in [2.05, 4.69) is 58.4 Å². The van der Waals surface area contributed by atoms with Crippen molar-refractivity contribution in [2.75, 3.05) is 0 Å². The fraction of sp³-hybridized carbons (Fsp3) is 0.0370. The molecule has 0 aliphatic heterocycles. The number of aliphatic hydroxyl groups is 1. The van der Waals surface area contributed by atoms with Crippen LogP contribution in [-0.2, 0) is 5.60 Å². The molecule has 0 fully saturated rings. The summed E-state index contributed by atoms with van der Waals surface area (Å²) in [6, 6.07) is 30.6. The Hall–Kier alpha value is -2.43. The van der Waals surface area contributed by atoms with Crippen LogP contribution in [0.1, 0.15) is 16.7 Å². The Morgan fingerprint density at radius 1 is 0.710 bits per heavy atom. The maximum atomic E-state index is 12.5. The molecule has 1 unspecified atom stereocenters. The topological polar surface area (TPSA) is 20.2 Å². The van der Waals surface area contributed by atoms with E-state index >= 15 is 0 Å². The summed E-state index contributed by atoms with van der Waals surface area (Å²) in [4.78, 5) is 1.11. The molecule has 5 aromatic rings. The first-order chi connectivity index (χ1) is 15.1. The molecule has 6 rings (SSSR count). The van der Waals surface area contributed by atoms with Gasteiger partial charge < -0.3 is 5.11 Å². The van der Waals surface area contributed by atoms with Gasteiger partial charge in [0.25, 0.3) is 0 Å². The number of rotatable bonds is 2. The highest BCUT2D eigenvalue weighted by Gasteiger charge is 2.44. The van der Waals surface area contributed by atoms with Crippen molar-refractivity contribution in [3.05, 3.63) is 117 Å². The minimum atomic E-state index is -1.30. The molecule has 0 saturated heterocycles. The van der Waals surface area contributed by atoms with Crippen LogP contribution < -0.4 is 0 Å². The minimum Gasteiger partial charge on any atom is -0.376 e. The molecule has 1 atom stereocenters. The van der Waals surface area contributed by atoms with Crippen LogP contribution in [0, 0.1) is 0 Å². The number of hydrogen-bond acceptors (Lipinski definition) is 2. The van der Waals surface area contributed by atoms with Gasteiger partial charge in [0, 0.05) is 35.8 Å². The van der Waals surface area contributed by atoms with Crippen LogP contribution in [0.15, 0.2) is 95.5 Å². The van der Waals surface area contributed by atoms with E-state index in [0.717, 1.165) is 42.7 Å². The standard InChI is InChI=1S/C27H16BrClOS/c28-17-9-11-20-19-6-2-3-7-22(19)27(30,23(20)14-17)24-15-18(29)10-12-21(24)26-13-16-5-1-4-8-25(16)31-26/h1-15,30H. The monoisotopic (exact) mass is 502 g/mol. The predicted octanol–water partition coefficient (Wildman–Crippen LogP) is 8.25. The Bertz CT molecular complexity index is 1460. The van der Waals surface area contributed by atoms with Gasteiger partial charge in [0.2, 0.25) is 0 Å². The Labute approximate surface area is 197 Å². The van der Waals surface area contributed by atoms with Crippen molar-refractivity contribution < 1.29 is 5.11 Å². The van der Waals surface area contributed by atoms with Gasteiger partial charge in [0.15, 0.2) is 0 Å². The first kappa shape index (κ1) is 19.3. The van der Waals surface area contributed by atoms with Crippen LogP contribution in [0.4, 0.5) is 0 Å². The molecular formula is C27H16BrClOS. The molecule has 0 radical (unpaired) electrons. The molecular weight excluding hydrogens is 488 g/mol. The second-order valence-corrected chi connectivity index (χ2v) is 10.2. The third-order valence-electron chi connectivity index (χ3n) is 6.04. The summed E-state index contributed by atoms with van der Waals surface area (Å²) in [6.07, 6.45) is 0. The molecule has 0 amide bonds. The maximum absolute atomic E-state index is 12.5. The first-order valence-corrected chi connectivity index (χ1v) is 12.0. The largest absolute Gasteiger partial charge is 0.376 e. The van der Waals surface area contributed by atoms with Gasteiger partial charge >= 0.3 is 0 Å². The maximum Gasteiger partial charge on any atom is 0.142 e. The zero-order chi connectivity index (χ0) is 21.2.